The quantitative estimate of drug-likeness (QED) is 0.492. The predicted octanol–water partition coefficient (Wildman–Crippen LogP) is 4.25. The van der Waals surface area contributed by atoms with E-state index in [1.54, 1.807) is 17.6 Å². The van der Waals surface area contributed by atoms with E-state index in [4.69, 9.17) is 33.0 Å². The second-order valence-corrected chi connectivity index (χ2v) is 10.4. The van der Waals surface area contributed by atoms with Crippen LogP contribution in [0.15, 0.2) is 65.2 Å². The number of anilines is 2. The van der Waals surface area contributed by atoms with Crippen LogP contribution < -0.4 is 9.91 Å². The third-order valence-electron chi connectivity index (χ3n) is 7.15. The second-order valence-electron chi connectivity index (χ2n) is 8.73. The Bertz CT molecular complexity index is 1370. The van der Waals surface area contributed by atoms with Gasteiger partial charge in [0.1, 0.15) is 0 Å². The van der Waals surface area contributed by atoms with Crippen LogP contribution >= 0.6 is 34.5 Å². The fourth-order valence-electron chi connectivity index (χ4n) is 5.87. The van der Waals surface area contributed by atoms with Gasteiger partial charge in [-0.05, 0) is 18.2 Å². The molecule has 4 aliphatic heterocycles. The molecule has 7 nitrogen and oxygen atoms in total. The van der Waals surface area contributed by atoms with Crippen molar-refractivity contribution in [2.24, 2.45) is 22.9 Å². The smallest absolute Gasteiger partial charge is 0.242 e. The van der Waals surface area contributed by atoms with E-state index >= 15 is 0 Å². The van der Waals surface area contributed by atoms with Crippen molar-refractivity contribution >= 4 is 62.9 Å². The van der Waals surface area contributed by atoms with Crippen molar-refractivity contribution in [3.63, 3.8) is 0 Å². The van der Waals surface area contributed by atoms with Crippen LogP contribution in [0, 0.1) is 17.8 Å². The Balaban J connectivity index is 1.36. The fraction of sp³-hybridized carbons (Fsp3) is 0.250. The number of fused-ring (bicyclic) bond motifs is 8. The number of carbonyl (C=O) groups is 2. The molecular formula is C24H16Cl2N4O3S. The van der Waals surface area contributed by atoms with Gasteiger partial charge in [0.2, 0.25) is 11.8 Å². The Hall–Kier alpha value is -2.78. The fourth-order valence-corrected chi connectivity index (χ4v) is 6.92. The number of imide groups is 1. The lowest BCUT2D eigenvalue weighted by atomic mass is 9.70. The molecule has 2 amide bonds. The van der Waals surface area contributed by atoms with E-state index in [0.29, 0.717) is 20.7 Å². The van der Waals surface area contributed by atoms with Crippen molar-refractivity contribution in [3.05, 3.63) is 75.7 Å². The molecule has 10 heteroatoms. The van der Waals surface area contributed by atoms with E-state index in [0.717, 1.165) is 11.4 Å². The summed E-state index contributed by atoms with van der Waals surface area (Å²) < 4.78 is 6.40. The number of nitrogens with zero attached hydrogens (tertiary/aromatic N) is 4. The Labute approximate surface area is 208 Å². The number of rotatable bonds is 3. The minimum atomic E-state index is -0.582. The molecule has 3 fully saturated rings. The molecule has 34 heavy (non-hydrogen) atoms. The number of amides is 2. The summed E-state index contributed by atoms with van der Waals surface area (Å²) in [6.45, 7) is 0. The van der Waals surface area contributed by atoms with Gasteiger partial charge in [-0.1, -0.05) is 53.5 Å². The Kier molecular flexibility index (Phi) is 4.45. The van der Waals surface area contributed by atoms with Crippen molar-refractivity contribution in [2.45, 2.75) is 18.2 Å². The monoisotopic (exact) mass is 510 g/mol. The molecular weight excluding hydrogens is 495 g/mol. The summed E-state index contributed by atoms with van der Waals surface area (Å²) in [5.41, 5.74) is 2.32. The summed E-state index contributed by atoms with van der Waals surface area (Å²) in [4.78, 5) is 32.4. The average Bonchev–Trinajstić information content (AvgIpc) is 3.64. The third-order valence-corrected chi connectivity index (χ3v) is 8.73. The molecule has 0 radical (unpaired) electrons. The number of thiazole rings is 1. The first-order valence-corrected chi connectivity index (χ1v) is 12.5. The molecule has 0 N–H and O–H groups in total. The summed E-state index contributed by atoms with van der Waals surface area (Å²) in [5, 5.41) is 9.90. The summed E-state index contributed by atoms with van der Waals surface area (Å²) >= 11 is 14.2. The van der Waals surface area contributed by atoms with E-state index in [2.05, 4.69) is 4.98 Å². The first-order valence-electron chi connectivity index (χ1n) is 10.9. The molecule has 4 aliphatic rings. The van der Waals surface area contributed by atoms with Gasteiger partial charge in [0.05, 0.1) is 57.4 Å². The zero-order valence-electron chi connectivity index (χ0n) is 17.4. The van der Waals surface area contributed by atoms with Crippen LogP contribution in [0.2, 0.25) is 10.0 Å². The molecule has 1 aromatic heterocycles. The second kappa shape index (κ2) is 7.36. The summed E-state index contributed by atoms with van der Waals surface area (Å²) in [7, 11) is 0. The van der Waals surface area contributed by atoms with Crippen LogP contribution in [0.3, 0.4) is 0 Å². The van der Waals surface area contributed by atoms with Gasteiger partial charge < -0.3 is 4.74 Å². The average molecular weight is 511 g/mol. The summed E-state index contributed by atoms with van der Waals surface area (Å²) in [6.07, 6.45) is 0.613. The minimum absolute atomic E-state index is 0.240. The number of aromatic nitrogens is 1. The van der Waals surface area contributed by atoms with Crippen LogP contribution in [0.25, 0.3) is 0 Å². The maximum atomic E-state index is 13.5. The van der Waals surface area contributed by atoms with E-state index in [1.165, 1.54) is 16.2 Å². The number of para-hydroxylation sites is 1. The van der Waals surface area contributed by atoms with Crippen LogP contribution in [0.1, 0.15) is 5.56 Å². The molecule has 3 saturated heterocycles. The zero-order valence-corrected chi connectivity index (χ0v) is 19.7. The van der Waals surface area contributed by atoms with E-state index in [1.807, 2.05) is 47.5 Å². The summed E-state index contributed by atoms with van der Waals surface area (Å²) in [6, 6.07) is 15.0. The highest BCUT2D eigenvalue weighted by Crippen LogP contribution is 2.57. The number of hydrogen-bond donors (Lipinski definition) is 0. The van der Waals surface area contributed by atoms with Crippen molar-refractivity contribution in [2.75, 3.05) is 9.91 Å². The van der Waals surface area contributed by atoms with Crippen LogP contribution in [-0.2, 0) is 14.3 Å². The first kappa shape index (κ1) is 20.6. The number of carbonyl (C=O) groups excluding carboxylic acids is 2. The van der Waals surface area contributed by atoms with Crippen molar-refractivity contribution in [1.82, 2.24) is 4.98 Å². The van der Waals surface area contributed by atoms with Gasteiger partial charge in [0.25, 0.3) is 0 Å². The molecule has 6 atom stereocenters. The largest absolute Gasteiger partial charge is 0.370 e. The van der Waals surface area contributed by atoms with Gasteiger partial charge in [-0.25, -0.2) is 9.88 Å². The highest BCUT2D eigenvalue weighted by molar-refractivity contribution is 7.14. The normalized spacial score (nSPS) is 31.3. The molecule has 0 spiro atoms. The minimum Gasteiger partial charge on any atom is -0.370 e. The number of hydrogen-bond acceptors (Lipinski definition) is 7. The highest BCUT2D eigenvalue weighted by atomic mass is 35.5. The van der Waals surface area contributed by atoms with Gasteiger partial charge in [0.15, 0.2) is 5.13 Å². The van der Waals surface area contributed by atoms with Crippen LogP contribution in [0.5, 0.6) is 0 Å². The van der Waals surface area contributed by atoms with Gasteiger partial charge in [-0.3, -0.25) is 14.6 Å². The third kappa shape index (κ3) is 2.62. The van der Waals surface area contributed by atoms with Gasteiger partial charge in [0, 0.05) is 17.1 Å². The van der Waals surface area contributed by atoms with Gasteiger partial charge in [-0.15, -0.1) is 11.3 Å². The maximum Gasteiger partial charge on any atom is 0.242 e. The molecule has 2 aromatic carbocycles. The first-order chi connectivity index (χ1) is 16.6. The highest BCUT2D eigenvalue weighted by Gasteiger charge is 2.72. The molecule has 0 aliphatic carbocycles. The maximum absolute atomic E-state index is 13.5. The molecule has 6 unspecified atom stereocenters. The molecule has 170 valence electrons. The summed E-state index contributed by atoms with van der Waals surface area (Å²) in [5.74, 6) is -1.90. The SMILES string of the molecule is O=C1C2C3OC(C2C(=O)N1c1nccs1)C1C3C(c2cccc(Cl)c2Cl)=NN1c1ccccc1. The van der Waals surface area contributed by atoms with Crippen molar-refractivity contribution in [1.29, 1.82) is 0 Å². The number of halogens is 2. The van der Waals surface area contributed by atoms with Gasteiger partial charge in [-0.2, -0.15) is 5.10 Å². The van der Waals surface area contributed by atoms with E-state index < -0.39 is 24.0 Å². The topological polar surface area (TPSA) is 75.1 Å². The standard InChI is InChI=1S/C24H16Cl2N4O3S/c25-13-8-4-7-12(17(13)26)18-16-19(30(28-18)11-5-2-1-3-6-11)21-15-14(20(16)33-21)22(31)29(23(15)32)24-27-9-10-34-24/h1-10,14-16,19-21H. The van der Waals surface area contributed by atoms with Crippen molar-refractivity contribution < 1.29 is 14.3 Å². The Morgan fingerprint density at radius 3 is 2.41 bits per heavy atom. The lowest BCUT2D eigenvalue weighted by Crippen LogP contribution is -2.50. The molecule has 3 aromatic rings. The van der Waals surface area contributed by atoms with Crippen molar-refractivity contribution in [3.8, 4) is 0 Å². The number of benzene rings is 2. The lowest BCUT2D eigenvalue weighted by Gasteiger charge is -2.32. The number of ether oxygens (including phenoxy) is 1. The lowest BCUT2D eigenvalue weighted by molar-refractivity contribution is -0.125. The van der Waals surface area contributed by atoms with E-state index in [-0.39, 0.29) is 23.8 Å². The molecule has 7 rings (SSSR count). The molecule has 0 saturated carbocycles. The molecule has 2 bridgehead atoms. The number of hydrazone groups is 1. The van der Waals surface area contributed by atoms with Crippen LogP contribution in [0.4, 0.5) is 10.8 Å². The molecule has 5 heterocycles. The van der Waals surface area contributed by atoms with Crippen LogP contribution in [-0.4, -0.2) is 40.8 Å². The Morgan fingerprint density at radius 2 is 1.68 bits per heavy atom. The predicted molar refractivity (Wildman–Crippen MR) is 129 cm³/mol. The van der Waals surface area contributed by atoms with E-state index in [9.17, 15) is 9.59 Å². The Morgan fingerprint density at radius 1 is 0.912 bits per heavy atom. The van der Waals surface area contributed by atoms with Gasteiger partial charge >= 0.3 is 0 Å². The zero-order chi connectivity index (χ0) is 23.1.